The number of piperazine rings is 1. The Bertz CT molecular complexity index is 596. The molecule has 1 aromatic carbocycles. The highest BCUT2D eigenvalue weighted by atomic mass is 35.5. The molecule has 0 aromatic heterocycles. The standard InChI is InChI=1S/C13H18ClN3O3S/c1-21(19,20)17-8-6-16(7-9-17)10-13(18)15-12-4-2-11(14)3-5-12/h2-5H,6-10H2,1H3,(H,15,18). The average molecular weight is 332 g/mol. The first-order chi connectivity index (χ1) is 9.84. The maximum atomic E-state index is 11.9. The predicted octanol–water partition coefficient (Wildman–Crippen LogP) is 0.856. The van der Waals surface area contributed by atoms with E-state index in [1.807, 2.05) is 4.90 Å². The molecule has 0 bridgehead atoms. The Kier molecular flexibility index (Phi) is 5.21. The Morgan fingerprint density at radius 1 is 1.19 bits per heavy atom. The third kappa shape index (κ3) is 4.96. The highest BCUT2D eigenvalue weighted by Crippen LogP contribution is 2.13. The molecule has 2 rings (SSSR count). The number of nitrogens with one attached hydrogen (secondary N) is 1. The van der Waals surface area contributed by atoms with Crippen LogP contribution in [-0.4, -0.2) is 62.5 Å². The molecule has 1 fully saturated rings. The summed E-state index contributed by atoms with van der Waals surface area (Å²) in [4.78, 5) is 13.9. The van der Waals surface area contributed by atoms with E-state index in [1.165, 1.54) is 10.6 Å². The minimum absolute atomic E-state index is 0.120. The number of amides is 1. The van der Waals surface area contributed by atoms with Gasteiger partial charge in [0.15, 0.2) is 0 Å². The molecule has 1 aromatic rings. The number of benzene rings is 1. The molecule has 1 aliphatic rings. The van der Waals surface area contributed by atoms with Crippen LogP contribution >= 0.6 is 11.6 Å². The van der Waals surface area contributed by atoms with Crippen molar-refractivity contribution in [1.82, 2.24) is 9.21 Å². The molecule has 21 heavy (non-hydrogen) atoms. The molecule has 1 N–H and O–H groups in total. The van der Waals surface area contributed by atoms with Crippen molar-refractivity contribution in [3.05, 3.63) is 29.3 Å². The summed E-state index contributed by atoms with van der Waals surface area (Å²) in [6.45, 7) is 2.21. The van der Waals surface area contributed by atoms with E-state index in [1.54, 1.807) is 24.3 Å². The highest BCUT2D eigenvalue weighted by molar-refractivity contribution is 7.88. The summed E-state index contributed by atoms with van der Waals surface area (Å²) in [5.74, 6) is -0.120. The van der Waals surface area contributed by atoms with Crippen LogP contribution in [0.25, 0.3) is 0 Å². The van der Waals surface area contributed by atoms with Crippen LogP contribution in [0.5, 0.6) is 0 Å². The number of nitrogens with zero attached hydrogens (tertiary/aromatic N) is 2. The van der Waals surface area contributed by atoms with Gasteiger partial charge in [0.25, 0.3) is 0 Å². The van der Waals surface area contributed by atoms with Crippen LogP contribution in [0.4, 0.5) is 5.69 Å². The van der Waals surface area contributed by atoms with Crippen molar-refractivity contribution in [3.63, 3.8) is 0 Å². The fourth-order valence-corrected chi connectivity index (χ4v) is 3.11. The Morgan fingerprint density at radius 3 is 2.29 bits per heavy atom. The van der Waals surface area contributed by atoms with Crippen LogP contribution < -0.4 is 5.32 Å². The largest absolute Gasteiger partial charge is 0.325 e. The summed E-state index contributed by atoms with van der Waals surface area (Å²) in [5.41, 5.74) is 0.694. The van der Waals surface area contributed by atoms with Crippen molar-refractivity contribution >= 4 is 33.2 Å². The molecular weight excluding hydrogens is 314 g/mol. The van der Waals surface area contributed by atoms with Gasteiger partial charge in [0.2, 0.25) is 15.9 Å². The van der Waals surface area contributed by atoms with Crippen LogP contribution in [0.1, 0.15) is 0 Å². The van der Waals surface area contributed by atoms with Gasteiger partial charge in [-0.15, -0.1) is 0 Å². The Morgan fingerprint density at radius 2 is 1.76 bits per heavy atom. The van der Waals surface area contributed by atoms with Gasteiger partial charge in [0.1, 0.15) is 0 Å². The zero-order chi connectivity index (χ0) is 15.5. The maximum absolute atomic E-state index is 11.9. The minimum atomic E-state index is -3.14. The van der Waals surface area contributed by atoms with Gasteiger partial charge in [0.05, 0.1) is 12.8 Å². The van der Waals surface area contributed by atoms with Crippen LogP contribution in [0.3, 0.4) is 0 Å². The summed E-state index contributed by atoms with van der Waals surface area (Å²) in [5, 5.41) is 3.40. The summed E-state index contributed by atoms with van der Waals surface area (Å²) >= 11 is 5.78. The lowest BCUT2D eigenvalue weighted by atomic mass is 10.3. The van der Waals surface area contributed by atoms with Gasteiger partial charge >= 0.3 is 0 Å². The summed E-state index contributed by atoms with van der Waals surface area (Å²) in [7, 11) is -3.14. The lowest BCUT2D eigenvalue weighted by Gasteiger charge is -2.32. The second kappa shape index (κ2) is 6.74. The van der Waals surface area contributed by atoms with Gasteiger partial charge in [-0.05, 0) is 24.3 Å². The number of halogens is 1. The molecule has 1 saturated heterocycles. The highest BCUT2D eigenvalue weighted by Gasteiger charge is 2.24. The quantitative estimate of drug-likeness (QED) is 0.888. The summed E-state index contributed by atoms with van der Waals surface area (Å²) in [6.07, 6.45) is 1.20. The van der Waals surface area contributed by atoms with Crippen LogP contribution in [0.2, 0.25) is 5.02 Å². The number of hydrogen-bond donors (Lipinski definition) is 1. The van der Waals surface area contributed by atoms with E-state index < -0.39 is 10.0 Å². The maximum Gasteiger partial charge on any atom is 0.238 e. The average Bonchev–Trinajstić information content (AvgIpc) is 2.41. The Balaban J connectivity index is 1.80. The minimum Gasteiger partial charge on any atom is -0.325 e. The van der Waals surface area contributed by atoms with E-state index >= 15 is 0 Å². The van der Waals surface area contributed by atoms with Gasteiger partial charge in [-0.1, -0.05) is 11.6 Å². The zero-order valence-electron chi connectivity index (χ0n) is 11.8. The van der Waals surface area contributed by atoms with E-state index in [0.717, 1.165) is 0 Å². The fourth-order valence-electron chi connectivity index (χ4n) is 2.16. The van der Waals surface area contributed by atoms with Crippen LogP contribution in [0.15, 0.2) is 24.3 Å². The molecular formula is C13H18ClN3O3S. The van der Waals surface area contributed by atoms with Crippen LogP contribution in [-0.2, 0) is 14.8 Å². The second-order valence-corrected chi connectivity index (χ2v) is 7.41. The number of anilines is 1. The molecule has 1 heterocycles. The fraction of sp³-hybridized carbons (Fsp3) is 0.462. The number of rotatable bonds is 4. The molecule has 1 amide bonds. The third-order valence-corrected chi connectivity index (χ3v) is 4.85. The third-order valence-electron chi connectivity index (χ3n) is 3.30. The zero-order valence-corrected chi connectivity index (χ0v) is 13.3. The number of carbonyl (C=O) groups excluding carboxylic acids is 1. The SMILES string of the molecule is CS(=O)(=O)N1CCN(CC(=O)Nc2ccc(Cl)cc2)CC1. The second-order valence-electron chi connectivity index (χ2n) is 4.99. The van der Waals surface area contributed by atoms with Gasteiger partial charge in [-0.25, -0.2) is 8.42 Å². The topological polar surface area (TPSA) is 69.7 Å². The van der Waals surface area contributed by atoms with Gasteiger partial charge in [-0.2, -0.15) is 4.31 Å². The van der Waals surface area contributed by atoms with Crippen molar-refractivity contribution in [2.75, 3.05) is 44.3 Å². The molecule has 0 aliphatic carbocycles. The van der Waals surface area contributed by atoms with E-state index in [-0.39, 0.29) is 12.5 Å². The molecule has 6 nitrogen and oxygen atoms in total. The number of sulfonamides is 1. The monoisotopic (exact) mass is 331 g/mol. The van der Waals surface area contributed by atoms with E-state index in [4.69, 9.17) is 11.6 Å². The van der Waals surface area contributed by atoms with Gasteiger partial charge in [0, 0.05) is 36.9 Å². The first kappa shape index (κ1) is 16.2. The van der Waals surface area contributed by atoms with Gasteiger partial charge in [-0.3, -0.25) is 9.69 Å². The number of hydrogen-bond acceptors (Lipinski definition) is 4. The molecule has 0 atom stereocenters. The Labute approximate surface area is 129 Å². The van der Waals surface area contributed by atoms with Crippen molar-refractivity contribution in [3.8, 4) is 0 Å². The normalized spacial score (nSPS) is 17.6. The van der Waals surface area contributed by atoms with E-state index in [0.29, 0.717) is 36.9 Å². The molecule has 1 aliphatic heterocycles. The lowest BCUT2D eigenvalue weighted by molar-refractivity contribution is -0.117. The smallest absolute Gasteiger partial charge is 0.238 e. The van der Waals surface area contributed by atoms with Gasteiger partial charge < -0.3 is 5.32 Å². The van der Waals surface area contributed by atoms with Crippen LogP contribution in [0, 0.1) is 0 Å². The molecule has 0 saturated carbocycles. The lowest BCUT2D eigenvalue weighted by Crippen LogP contribution is -2.50. The summed E-state index contributed by atoms with van der Waals surface area (Å²) in [6, 6.07) is 6.90. The molecule has 0 radical (unpaired) electrons. The first-order valence-corrected chi connectivity index (χ1v) is 8.80. The van der Waals surface area contributed by atoms with E-state index in [9.17, 15) is 13.2 Å². The molecule has 0 spiro atoms. The van der Waals surface area contributed by atoms with Crippen molar-refractivity contribution in [2.45, 2.75) is 0 Å². The van der Waals surface area contributed by atoms with Crippen molar-refractivity contribution in [1.29, 1.82) is 0 Å². The van der Waals surface area contributed by atoms with Crippen molar-refractivity contribution in [2.24, 2.45) is 0 Å². The van der Waals surface area contributed by atoms with E-state index in [2.05, 4.69) is 5.32 Å². The van der Waals surface area contributed by atoms with Crippen molar-refractivity contribution < 1.29 is 13.2 Å². The summed E-state index contributed by atoms with van der Waals surface area (Å²) < 4.78 is 24.2. The Hall–Kier alpha value is -1.15. The molecule has 116 valence electrons. The predicted molar refractivity (Wildman–Crippen MR) is 82.9 cm³/mol. The number of carbonyl (C=O) groups is 1. The molecule has 8 heteroatoms. The first-order valence-electron chi connectivity index (χ1n) is 6.57. The molecule has 0 unspecified atom stereocenters.